The van der Waals surface area contributed by atoms with Gasteiger partial charge in [0, 0.05) is 31.5 Å². The Morgan fingerprint density at radius 2 is 1.95 bits per heavy atom. The van der Waals surface area contributed by atoms with Crippen molar-refractivity contribution in [1.29, 1.82) is 0 Å². The second kappa shape index (κ2) is 6.63. The molecule has 0 bridgehead atoms. The zero-order valence-corrected chi connectivity index (χ0v) is 13.7. The predicted octanol–water partition coefficient (Wildman–Crippen LogP) is 3.10. The van der Waals surface area contributed by atoms with Gasteiger partial charge in [0.25, 0.3) is 0 Å². The Balaban J connectivity index is 1.83. The normalized spacial score (nSPS) is 16.4. The molecule has 2 aromatic rings. The zero-order valence-electron chi connectivity index (χ0n) is 13.7. The average molecular weight is 299 g/mol. The monoisotopic (exact) mass is 299 g/mol. The first-order chi connectivity index (χ1) is 10.6. The number of aryl methyl sites for hydroxylation is 2. The van der Waals surface area contributed by atoms with Crippen LogP contribution in [0.3, 0.4) is 0 Å². The molecule has 118 valence electrons. The Bertz CT molecular complexity index is 629. The number of benzene rings is 1. The summed E-state index contributed by atoms with van der Waals surface area (Å²) in [5, 5.41) is 4.64. The molecule has 1 aliphatic rings. The molecule has 1 saturated heterocycles. The lowest BCUT2D eigenvalue weighted by Gasteiger charge is -2.31. The summed E-state index contributed by atoms with van der Waals surface area (Å²) >= 11 is 0. The number of nitrogens with zero attached hydrogens (tertiary/aromatic N) is 3. The van der Waals surface area contributed by atoms with Gasteiger partial charge in [-0.3, -0.25) is 4.90 Å². The minimum absolute atomic E-state index is 0.613. The predicted molar refractivity (Wildman–Crippen MR) is 88.3 cm³/mol. The summed E-state index contributed by atoms with van der Waals surface area (Å²) in [7, 11) is 2.22. The molecule has 4 nitrogen and oxygen atoms in total. The van der Waals surface area contributed by atoms with Gasteiger partial charge >= 0.3 is 0 Å². The number of rotatable bonds is 4. The fraction of sp³-hybridized carbons (Fsp3) is 0.500. The molecule has 22 heavy (non-hydrogen) atoms. The van der Waals surface area contributed by atoms with Gasteiger partial charge in [-0.25, -0.2) is 4.68 Å². The molecule has 1 aliphatic heterocycles. The van der Waals surface area contributed by atoms with Crippen molar-refractivity contribution >= 4 is 0 Å². The van der Waals surface area contributed by atoms with E-state index in [-0.39, 0.29) is 0 Å². The van der Waals surface area contributed by atoms with Gasteiger partial charge in [-0.1, -0.05) is 18.2 Å². The number of ether oxygens (including phenoxy) is 1. The lowest BCUT2D eigenvalue weighted by atomic mass is 10.1. The fourth-order valence-electron chi connectivity index (χ4n) is 3.25. The first kappa shape index (κ1) is 15.3. The molecule has 0 atom stereocenters. The molecule has 0 spiro atoms. The van der Waals surface area contributed by atoms with Gasteiger partial charge in [0.05, 0.1) is 11.4 Å². The maximum absolute atomic E-state index is 5.47. The summed E-state index contributed by atoms with van der Waals surface area (Å²) in [6.45, 7) is 6.86. The molecule has 1 aromatic heterocycles. The van der Waals surface area contributed by atoms with E-state index in [1.807, 2.05) is 6.92 Å². The maximum Gasteiger partial charge on any atom is 0.0693 e. The molecule has 1 fully saturated rings. The summed E-state index contributed by atoms with van der Waals surface area (Å²) in [5.41, 5.74) is 4.75. The standard InChI is InChI=1S/C18H25N3O/c1-14-12-15(2)21(19-14)18-7-5-4-6-16(18)13-20(3)17-8-10-22-11-9-17/h4-7,12,17H,8-11,13H2,1-3H3. The van der Waals surface area contributed by atoms with Crippen LogP contribution < -0.4 is 0 Å². The summed E-state index contributed by atoms with van der Waals surface area (Å²) in [6, 6.07) is 11.3. The van der Waals surface area contributed by atoms with Crippen molar-refractivity contribution in [2.45, 2.75) is 39.3 Å². The van der Waals surface area contributed by atoms with Crippen LogP contribution in [0.15, 0.2) is 30.3 Å². The van der Waals surface area contributed by atoms with Crippen molar-refractivity contribution in [3.8, 4) is 5.69 Å². The van der Waals surface area contributed by atoms with Gasteiger partial charge in [0.2, 0.25) is 0 Å². The quantitative estimate of drug-likeness (QED) is 0.869. The fourth-order valence-corrected chi connectivity index (χ4v) is 3.25. The average Bonchev–Trinajstić information content (AvgIpc) is 2.87. The van der Waals surface area contributed by atoms with E-state index in [9.17, 15) is 0 Å². The van der Waals surface area contributed by atoms with E-state index in [4.69, 9.17) is 4.74 Å². The summed E-state index contributed by atoms with van der Waals surface area (Å²) in [5.74, 6) is 0. The highest BCUT2D eigenvalue weighted by molar-refractivity contribution is 5.41. The van der Waals surface area contributed by atoms with E-state index in [1.54, 1.807) is 0 Å². The van der Waals surface area contributed by atoms with Crippen molar-refractivity contribution in [3.05, 3.63) is 47.3 Å². The van der Waals surface area contributed by atoms with Crippen molar-refractivity contribution < 1.29 is 4.74 Å². The molecular weight excluding hydrogens is 274 g/mol. The van der Waals surface area contributed by atoms with Crippen LogP contribution in [0, 0.1) is 13.8 Å². The van der Waals surface area contributed by atoms with Gasteiger partial charge in [-0.05, 0) is 51.4 Å². The molecule has 4 heteroatoms. The number of aromatic nitrogens is 2. The minimum Gasteiger partial charge on any atom is -0.381 e. The van der Waals surface area contributed by atoms with Crippen LogP contribution in [0.2, 0.25) is 0 Å². The van der Waals surface area contributed by atoms with E-state index in [2.05, 4.69) is 59.0 Å². The van der Waals surface area contributed by atoms with Crippen LogP contribution >= 0.6 is 0 Å². The third kappa shape index (κ3) is 3.23. The van der Waals surface area contributed by atoms with Crippen molar-refractivity contribution in [2.24, 2.45) is 0 Å². The lowest BCUT2D eigenvalue weighted by Crippen LogP contribution is -2.36. The van der Waals surface area contributed by atoms with Gasteiger partial charge < -0.3 is 4.74 Å². The highest BCUT2D eigenvalue weighted by Crippen LogP contribution is 2.21. The summed E-state index contributed by atoms with van der Waals surface area (Å²) in [6.07, 6.45) is 2.25. The molecule has 0 aliphatic carbocycles. The number of hydrogen-bond acceptors (Lipinski definition) is 3. The van der Waals surface area contributed by atoms with Crippen LogP contribution in [0.25, 0.3) is 5.69 Å². The van der Waals surface area contributed by atoms with E-state index in [0.717, 1.165) is 38.3 Å². The maximum atomic E-state index is 5.47. The summed E-state index contributed by atoms with van der Waals surface area (Å²) in [4.78, 5) is 2.45. The SMILES string of the molecule is Cc1cc(C)n(-c2ccccc2CN(C)C2CCOCC2)n1. The molecule has 0 radical (unpaired) electrons. The van der Waals surface area contributed by atoms with E-state index < -0.39 is 0 Å². The van der Waals surface area contributed by atoms with E-state index >= 15 is 0 Å². The second-order valence-corrected chi connectivity index (χ2v) is 6.23. The third-order valence-corrected chi connectivity index (χ3v) is 4.46. The highest BCUT2D eigenvalue weighted by atomic mass is 16.5. The first-order valence-corrected chi connectivity index (χ1v) is 8.04. The van der Waals surface area contributed by atoms with Gasteiger partial charge in [0.15, 0.2) is 0 Å². The molecule has 0 N–H and O–H groups in total. The van der Waals surface area contributed by atoms with Crippen LogP contribution in [0.5, 0.6) is 0 Å². The first-order valence-electron chi connectivity index (χ1n) is 8.04. The molecular formula is C18H25N3O. The number of para-hydroxylation sites is 1. The highest BCUT2D eigenvalue weighted by Gasteiger charge is 2.19. The van der Waals surface area contributed by atoms with E-state index in [1.165, 1.54) is 16.9 Å². The molecule has 2 heterocycles. The molecule has 0 saturated carbocycles. The Hall–Kier alpha value is -1.65. The van der Waals surface area contributed by atoms with Gasteiger partial charge in [-0.2, -0.15) is 5.10 Å². The molecule has 1 aromatic carbocycles. The summed E-state index contributed by atoms with van der Waals surface area (Å²) < 4.78 is 7.53. The Kier molecular flexibility index (Phi) is 4.60. The second-order valence-electron chi connectivity index (χ2n) is 6.23. The van der Waals surface area contributed by atoms with Crippen LogP contribution in [0.1, 0.15) is 29.8 Å². The Labute approximate surface area is 132 Å². The number of hydrogen-bond donors (Lipinski definition) is 0. The van der Waals surface area contributed by atoms with Crippen molar-refractivity contribution in [2.75, 3.05) is 20.3 Å². The van der Waals surface area contributed by atoms with Crippen molar-refractivity contribution in [1.82, 2.24) is 14.7 Å². The largest absolute Gasteiger partial charge is 0.381 e. The van der Waals surface area contributed by atoms with Gasteiger partial charge in [0.1, 0.15) is 0 Å². The van der Waals surface area contributed by atoms with Crippen molar-refractivity contribution in [3.63, 3.8) is 0 Å². The smallest absolute Gasteiger partial charge is 0.0693 e. The van der Waals surface area contributed by atoms with E-state index in [0.29, 0.717) is 6.04 Å². The van der Waals surface area contributed by atoms with Crippen LogP contribution in [0.4, 0.5) is 0 Å². The Morgan fingerprint density at radius 3 is 2.64 bits per heavy atom. The molecule has 3 rings (SSSR count). The topological polar surface area (TPSA) is 30.3 Å². The zero-order chi connectivity index (χ0) is 15.5. The Morgan fingerprint density at radius 1 is 1.23 bits per heavy atom. The molecule has 0 amide bonds. The molecule has 0 unspecified atom stereocenters. The van der Waals surface area contributed by atoms with Crippen LogP contribution in [-0.4, -0.2) is 41.0 Å². The third-order valence-electron chi connectivity index (χ3n) is 4.46. The van der Waals surface area contributed by atoms with Crippen LogP contribution in [-0.2, 0) is 11.3 Å². The van der Waals surface area contributed by atoms with Gasteiger partial charge in [-0.15, -0.1) is 0 Å². The lowest BCUT2D eigenvalue weighted by molar-refractivity contribution is 0.0407. The minimum atomic E-state index is 0.613.